The van der Waals surface area contributed by atoms with Gasteiger partial charge in [-0.05, 0) is 12.8 Å². The summed E-state index contributed by atoms with van der Waals surface area (Å²) in [5.41, 5.74) is 0.425. The zero-order valence-corrected chi connectivity index (χ0v) is 9.30. The molecule has 1 fully saturated rings. The van der Waals surface area contributed by atoms with Crippen LogP contribution >= 0.6 is 0 Å². The molecule has 0 N–H and O–H groups in total. The summed E-state index contributed by atoms with van der Waals surface area (Å²) < 4.78 is 1.70. The van der Waals surface area contributed by atoms with E-state index in [1.165, 1.54) is 6.33 Å². The first kappa shape index (κ1) is 11.2. The summed E-state index contributed by atoms with van der Waals surface area (Å²) in [5.74, 6) is -0.0865. The highest BCUT2D eigenvalue weighted by atomic mass is 15.1. The van der Waals surface area contributed by atoms with Gasteiger partial charge in [-0.1, -0.05) is 12.8 Å². The zero-order chi connectivity index (χ0) is 12.3. The van der Waals surface area contributed by atoms with Gasteiger partial charge in [0.2, 0.25) is 0 Å². The second-order valence-corrected chi connectivity index (χ2v) is 4.16. The van der Waals surface area contributed by atoms with Gasteiger partial charge in [-0.15, -0.1) is 0 Å². The van der Waals surface area contributed by atoms with Crippen molar-refractivity contribution in [2.75, 3.05) is 0 Å². The van der Waals surface area contributed by atoms with Gasteiger partial charge in [-0.25, -0.2) is 4.98 Å². The lowest BCUT2D eigenvalue weighted by atomic mass is 9.85. The Morgan fingerprint density at radius 3 is 2.59 bits per heavy atom. The van der Waals surface area contributed by atoms with Crippen LogP contribution in [0.5, 0.6) is 0 Å². The maximum atomic E-state index is 9.12. The summed E-state index contributed by atoms with van der Waals surface area (Å²) in [4.78, 5) is 3.92. The quantitative estimate of drug-likeness (QED) is 0.729. The highest BCUT2D eigenvalue weighted by Gasteiger charge is 2.28. The van der Waals surface area contributed by atoms with E-state index in [1.807, 2.05) is 12.1 Å². The number of rotatable bonds is 1. The molecule has 1 aromatic rings. The molecular weight excluding hydrogens is 214 g/mol. The maximum absolute atomic E-state index is 9.12. The largest absolute Gasteiger partial charge is 0.317 e. The third kappa shape index (κ3) is 1.86. The average molecular weight is 225 g/mol. The molecule has 0 radical (unpaired) electrons. The minimum Gasteiger partial charge on any atom is -0.317 e. The van der Waals surface area contributed by atoms with Gasteiger partial charge < -0.3 is 4.57 Å². The van der Waals surface area contributed by atoms with Crippen molar-refractivity contribution in [3.8, 4) is 18.2 Å². The van der Waals surface area contributed by atoms with E-state index in [9.17, 15) is 0 Å². The Kier molecular flexibility index (Phi) is 3.08. The fourth-order valence-electron chi connectivity index (χ4n) is 2.40. The molecule has 1 heterocycles. The highest BCUT2D eigenvalue weighted by Crippen LogP contribution is 2.34. The first-order valence-electron chi connectivity index (χ1n) is 5.58. The number of nitrogens with zero attached hydrogens (tertiary/aromatic N) is 5. The van der Waals surface area contributed by atoms with E-state index in [2.05, 4.69) is 11.1 Å². The molecule has 1 aliphatic rings. The molecule has 0 spiro atoms. The molecule has 5 heteroatoms. The summed E-state index contributed by atoms with van der Waals surface area (Å²) in [6.45, 7) is 0. The molecule has 84 valence electrons. The SMILES string of the molecule is N#Cc1ncn(C2CCCCC2C#N)c1C#N. The van der Waals surface area contributed by atoms with Gasteiger partial charge >= 0.3 is 0 Å². The third-order valence-corrected chi connectivity index (χ3v) is 3.26. The molecule has 0 aliphatic heterocycles. The van der Waals surface area contributed by atoms with E-state index in [0.29, 0.717) is 0 Å². The minimum atomic E-state index is -0.0865. The smallest absolute Gasteiger partial charge is 0.176 e. The van der Waals surface area contributed by atoms with Crippen molar-refractivity contribution in [2.24, 2.45) is 5.92 Å². The van der Waals surface area contributed by atoms with Crippen molar-refractivity contribution < 1.29 is 0 Å². The molecule has 0 bridgehead atoms. The predicted molar refractivity (Wildman–Crippen MR) is 58.3 cm³/mol. The lowest BCUT2D eigenvalue weighted by molar-refractivity contribution is 0.288. The van der Waals surface area contributed by atoms with Gasteiger partial charge in [0.25, 0.3) is 0 Å². The monoisotopic (exact) mass is 225 g/mol. The van der Waals surface area contributed by atoms with Crippen molar-refractivity contribution in [3.63, 3.8) is 0 Å². The summed E-state index contributed by atoms with van der Waals surface area (Å²) in [7, 11) is 0. The van der Waals surface area contributed by atoms with Crippen LogP contribution in [0.25, 0.3) is 0 Å². The van der Waals surface area contributed by atoms with Crippen molar-refractivity contribution in [1.82, 2.24) is 9.55 Å². The van der Waals surface area contributed by atoms with Gasteiger partial charge in [0, 0.05) is 0 Å². The molecule has 17 heavy (non-hydrogen) atoms. The molecule has 0 amide bonds. The lowest BCUT2D eigenvalue weighted by Gasteiger charge is -2.28. The molecule has 0 aromatic carbocycles. The first-order chi connectivity index (χ1) is 8.31. The topological polar surface area (TPSA) is 89.2 Å². The summed E-state index contributed by atoms with van der Waals surface area (Å²) in [6.07, 6.45) is 5.34. The van der Waals surface area contributed by atoms with Crippen LogP contribution in [-0.2, 0) is 0 Å². The normalized spacial score (nSPS) is 23.4. The summed E-state index contributed by atoms with van der Waals surface area (Å²) in [6, 6.07) is 6.18. The van der Waals surface area contributed by atoms with Crippen molar-refractivity contribution >= 4 is 0 Å². The predicted octanol–water partition coefficient (Wildman–Crippen LogP) is 1.88. The Bertz CT molecular complexity index is 537. The lowest BCUT2D eigenvalue weighted by Crippen LogP contribution is -2.22. The van der Waals surface area contributed by atoms with Gasteiger partial charge in [0.15, 0.2) is 11.4 Å². The number of aromatic nitrogens is 2. The van der Waals surface area contributed by atoms with Crippen LogP contribution in [-0.4, -0.2) is 9.55 Å². The molecule has 0 saturated heterocycles. The van der Waals surface area contributed by atoms with E-state index >= 15 is 0 Å². The van der Waals surface area contributed by atoms with E-state index in [1.54, 1.807) is 4.57 Å². The molecular formula is C12H11N5. The molecule has 2 rings (SSSR count). The fourth-order valence-corrected chi connectivity index (χ4v) is 2.40. The van der Waals surface area contributed by atoms with Gasteiger partial charge in [0.1, 0.15) is 12.1 Å². The van der Waals surface area contributed by atoms with Crippen LogP contribution in [0.2, 0.25) is 0 Å². The Morgan fingerprint density at radius 2 is 1.94 bits per heavy atom. The van der Waals surface area contributed by atoms with Crippen LogP contribution in [0.4, 0.5) is 0 Å². The van der Waals surface area contributed by atoms with Crippen LogP contribution in [0.15, 0.2) is 6.33 Å². The Hall–Kier alpha value is -2.32. The molecule has 1 aromatic heterocycles. The van der Waals surface area contributed by atoms with E-state index in [-0.39, 0.29) is 23.3 Å². The zero-order valence-electron chi connectivity index (χ0n) is 9.30. The van der Waals surface area contributed by atoms with Crippen molar-refractivity contribution in [1.29, 1.82) is 15.8 Å². The Labute approximate surface area is 99.5 Å². The Morgan fingerprint density at radius 1 is 1.18 bits per heavy atom. The molecule has 1 aliphatic carbocycles. The van der Waals surface area contributed by atoms with E-state index < -0.39 is 0 Å². The summed E-state index contributed by atoms with van der Waals surface area (Å²) >= 11 is 0. The van der Waals surface area contributed by atoms with Gasteiger partial charge in [-0.2, -0.15) is 15.8 Å². The number of nitriles is 3. The number of imidazole rings is 1. The average Bonchev–Trinajstić information content (AvgIpc) is 2.81. The minimum absolute atomic E-state index is 0.0157. The molecule has 1 saturated carbocycles. The first-order valence-corrected chi connectivity index (χ1v) is 5.58. The molecule has 2 unspecified atom stereocenters. The van der Waals surface area contributed by atoms with Gasteiger partial charge in [0.05, 0.1) is 24.4 Å². The van der Waals surface area contributed by atoms with E-state index in [4.69, 9.17) is 15.8 Å². The molecule has 5 nitrogen and oxygen atoms in total. The highest BCUT2D eigenvalue weighted by molar-refractivity contribution is 5.36. The third-order valence-electron chi connectivity index (χ3n) is 3.26. The van der Waals surface area contributed by atoms with Crippen LogP contribution in [0.1, 0.15) is 43.1 Å². The van der Waals surface area contributed by atoms with Crippen LogP contribution < -0.4 is 0 Å². The van der Waals surface area contributed by atoms with Gasteiger partial charge in [-0.3, -0.25) is 0 Å². The number of hydrogen-bond acceptors (Lipinski definition) is 4. The Balaban J connectivity index is 2.40. The standard InChI is InChI=1S/C12H11N5/c13-5-9-3-1-2-4-11(9)17-8-16-10(6-14)12(17)7-15/h8-9,11H,1-4H2. The van der Waals surface area contributed by atoms with Crippen LogP contribution in [0.3, 0.4) is 0 Å². The second kappa shape index (κ2) is 4.68. The maximum Gasteiger partial charge on any atom is 0.176 e. The fraction of sp³-hybridized carbons (Fsp3) is 0.500. The molecule has 2 atom stereocenters. The van der Waals surface area contributed by atoms with Crippen LogP contribution in [0, 0.1) is 39.9 Å². The second-order valence-electron chi connectivity index (χ2n) is 4.16. The summed E-state index contributed by atoms with van der Waals surface area (Å²) in [5, 5.41) is 27.0. The van der Waals surface area contributed by atoms with Crippen molar-refractivity contribution in [3.05, 3.63) is 17.7 Å². The number of hydrogen-bond donors (Lipinski definition) is 0. The van der Waals surface area contributed by atoms with E-state index in [0.717, 1.165) is 25.7 Å². The van der Waals surface area contributed by atoms with Crippen molar-refractivity contribution in [2.45, 2.75) is 31.7 Å².